The molecule has 0 unspecified atom stereocenters. The molecule has 0 aliphatic rings. The van der Waals surface area contributed by atoms with Gasteiger partial charge in [0, 0.05) is 38.6 Å². The van der Waals surface area contributed by atoms with Gasteiger partial charge in [0.2, 0.25) is 0 Å². The largest absolute Gasteiger partial charge is 0.227 e. The monoisotopic (exact) mass is 639 g/mol. The zero-order valence-corrected chi connectivity index (χ0v) is 27.0. The molecule has 0 fully saturated rings. The molecule has 234 valence electrons. The van der Waals surface area contributed by atoms with Crippen molar-refractivity contribution in [1.29, 1.82) is 0 Å². The summed E-state index contributed by atoms with van der Waals surface area (Å²) in [6, 6.07) is 59.9. The Morgan fingerprint density at radius 1 is 0.260 bits per heavy atom. The number of fused-ring (bicyclic) bond motifs is 3. The Balaban J connectivity index is 1.11. The highest BCUT2D eigenvalue weighted by atomic mass is 15.0. The molecule has 5 heteroatoms. The minimum absolute atomic E-state index is 0.626. The molecule has 2 heterocycles. The molecule has 0 saturated carbocycles. The summed E-state index contributed by atoms with van der Waals surface area (Å²) in [7, 11) is 0. The molecule has 0 bridgehead atoms. The van der Waals surface area contributed by atoms with Crippen LogP contribution >= 0.6 is 0 Å². The summed E-state index contributed by atoms with van der Waals surface area (Å²) in [5, 5.41) is 3.31. The van der Waals surface area contributed by atoms with Gasteiger partial charge in [0.05, 0.1) is 11.2 Å². The van der Waals surface area contributed by atoms with Gasteiger partial charge in [-0.05, 0) is 28.6 Å². The average molecular weight is 640 g/mol. The first-order chi connectivity index (χ1) is 24.8. The summed E-state index contributed by atoms with van der Waals surface area (Å²) in [5.41, 5.74) is 8.84. The molecule has 9 aromatic rings. The third-order valence-corrected chi connectivity index (χ3v) is 8.93. The Bertz CT molecular complexity index is 2560. The molecular weight excluding hydrogens is 611 g/mol. The molecule has 0 saturated heterocycles. The van der Waals surface area contributed by atoms with Crippen LogP contribution in [-0.4, -0.2) is 24.9 Å². The van der Waals surface area contributed by atoms with E-state index in [-0.39, 0.29) is 0 Å². The van der Waals surface area contributed by atoms with Crippen molar-refractivity contribution < 1.29 is 0 Å². The van der Waals surface area contributed by atoms with E-state index in [9.17, 15) is 0 Å². The van der Waals surface area contributed by atoms with Gasteiger partial charge < -0.3 is 0 Å². The lowest BCUT2D eigenvalue weighted by atomic mass is 10.00. The normalized spacial score (nSPS) is 11.2. The maximum atomic E-state index is 5.15. The third-order valence-electron chi connectivity index (χ3n) is 8.93. The molecule has 0 aliphatic carbocycles. The zero-order chi connectivity index (χ0) is 33.3. The summed E-state index contributed by atoms with van der Waals surface area (Å²) in [5.74, 6) is 2.60. The van der Waals surface area contributed by atoms with Crippen molar-refractivity contribution in [3.8, 4) is 67.9 Å². The smallest absolute Gasteiger partial charge is 0.164 e. The molecule has 0 N–H and O–H groups in total. The molecule has 0 radical (unpaired) electrons. The Morgan fingerprint density at radius 2 is 0.740 bits per heavy atom. The lowest BCUT2D eigenvalue weighted by Gasteiger charge is -2.12. The Kier molecular flexibility index (Phi) is 7.41. The van der Waals surface area contributed by atoms with Crippen molar-refractivity contribution in [2.75, 3.05) is 0 Å². The van der Waals surface area contributed by atoms with Crippen molar-refractivity contribution in [2.24, 2.45) is 0 Å². The van der Waals surface area contributed by atoms with Gasteiger partial charge in [0.15, 0.2) is 23.3 Å². The number of nitrogens with zero attached hydrogens (tertiary/aromatic N) is 5. The van der Waals surface area contributed by atoms with E-state index in [1.54, 1.807) is 0 Å². The van der Waals surface area contributed by atoms with Crippen LogP contribution in [0.15, 0.2) is 176 Å². The van der Waals surface area contributed by atoms with E-state index in [0.29, 0.717) is 23.3 Å². The molecule has 2 aromatic heterocycles. The minimum Gasteiger partial charge on any atom is -0.227 e. The molecule has 0 spiro atoms. The number of rotatable bonds is 6. The van der Waals surface area contributed by atoms with Gasteiger partial charge in [-0.1, -0.05) is 164 Å². The highest BCUT2D eigenvalue weighted by molar-refractivity contribution is 6.09. The number of benzene rings is 7. The highest BCUT2D eigenvalue weighted by Crippen LogP contribution is 2.34. The SMILES string of the molecule is c1ccc(-c2nc(-c3ccccc3)nc(-c3cccc(-c4ccc(-c5nc(-c6ccccc6)c6ccc7ccccc7c6n5)cc4)c3)n2)cc1. The Morgan fingerprint density at radius 3 is 1.40 bits per heavy atom. The van der Waals surface area contributed by atoms with Crippen LogP contribution < -0.4 is 0 Å². The first-order valence-electron chi connectivity index (χ1n) is 16.6. The van der Waals surface area contributed by atoms with Crippen molar-refractivity contribution in [3.05, 3.63) is 176 Å². The summed E-state index contributed by atoms with van der Waals surface area (Å²) in [4.78, 5) is 25.0. The van der Waals surface area contributed by atoms with E-state index in [0.717, 1.165) is 66.3 Å². The summed E-state index contributed by atoms with van der Waals surface area (Å²) in [6.07, 6.45) is 0. The second kappa shape index (κ2) is 12.6. The second-order valence-electron chi connectivity index (χ2n) is 12.1. The number of hydrogen-bond donors (Lipinski definition) is 0. The van der Waals surface area contributed by atoms with E-state index in [2.05, 4.69) is 109 Å². The topological polar surface area (TPSA) is 64.5 Å². The van der Waals surface area contributed by atoms with Gasteiger partial charge in [-0.2, -0.15) is 0 Å². The van der Waals surface area contributed by atoms with Crippen LogP contribution in [0.1, 0.15) is 0 Å². The molecule has 0 amide bonds. The van der Waals surface area contributed by atoms with Crippen molar-refractivity contribution in [1.82, 2.24) is 24.9 Å². The van der Waals surface area contributed by atoms with Crippen LogP contribution in [0.5, 0.6) is 0 Å². The Labute approximate surface area is 289 Å². The average Bonchev–Trinajstić information content (AvgIpc) is 3.21. The number of aromatic nitrogens is 5. The maximum absolute atomic E-state index is 5.15. The van der Waals surface area contributed by atoms with Crippen molar-refractivity contribution in [3.63, 3.8) is 0 Å². The van der Waals surface area contributed by atoms with E-state index < -0.39 is 0 Å². The van der Waals surface area contributed by atoms with E-state index in [4.69, 9.17) is 24.9 Å². The fraction of sp³-hybridized carbons (Fsp3) is 0. The molecule has 9 rings (SSSR count). The lowest BCUT2D eigenvalue weighted by molar-refractivity contribution is 1.07. The Hall–Kier alpha value is -6.85. The maximum Gasteiger partial charge on any atom is 0.164 e. The minimum atomic E-state index is 0.626. The fourth-order valence-electron chi connectivity index (χ4n) is 6.40. The van der Waals surface area contributed by atoms with Gasteiger partial charge in [-0.25, -0.2) is 24.9 Å². The first kappa shape index (κ1) is 29.3. The van der Waals surface area contributed by atoms with Gasteiger partial charge >= 0.3 is 0 Å². The zero-order valence-electron chi connectivity index (χ0n) is 27.0. The molecule has 0 aliphatic heterocycles. The quantitative estimate of drug-likeness (QED) is 0.169. The molecule has 50 heavy (non-hydrogen) atoms. The van der Waals surface area contributed by atoms with Gasteiger partial charge in [0.1, 0.15) is 0 Å². The first-order valence-corrected chi connectivity index (χ1v) is 16.6. The lowest BCUT2D eigenvalue weighted by Crippen LogP contribution is -2.00. The van der Waals surface area contributed by atoms with Gasteiger partial charge in [-0.3, -0.25) is 0 Å². The third kappa shape index (κ3) is 5.57. The summed E-state index contributed by atoms with van der Waals surface area (Å²) >= 11 is 0. The fourth-order valence-corrected chi connectivity index (χ4v) is 6.40. The summed E-state index contributed by atoms with van der Waals surface area (Å²) in [6.45, 7) is 0. The van der Waals surface area contributed by atoms with Gasteiger partial charge in [-0.15, -0.1) is 0 Å². The van der Waals surface area contributed by atoms with Crippen LogP contribution in [0.2, 0.25) is 0 Å². The van der Waals surface area contributed by atoms with E-state index in [1.807, 2.05) is 66.7 Å². The molecule has 0 atom stereocenters. The molecular formula is C45H29N5. The second-order valence-corrected chi connectivity index (χ2v) is 12.1. The van der Waals surface area contributed by atoms with E-state index in [1.165, 1.54) is 0 Å². The van der Waals surface area contributed by atoms with Crippen molar-refractivity contribution >= 4 is 21.7 Å². The van der Waals surface area contributed by atoms with Crippen LogP contribution in [0.25, 0.3) is 89.6 Å². The van der Waals surface area contributed by atoms with Gasteiger partial charge in [0.25, 0.3) is 0 Å². The highest BCUT2D eigenvalue weighted by Gasteiger charge is 2.15. The molecule has 5 nitrogen and oxygen atoms in total. The standard InChI is InChI=1S/C45H29N5/c1-4-14-32(15-5-1)40-39-28-27-31-13-10-11-22-38(31)41(39)47-42(46-40)35-25-23-30(24-26-35)36-20-12-21-37(29-36)45-49-43(33-16-6-2-7-17-33)48-44(50-45)34-18-8-3-9-19-34/h1-29H. The van der Waals surface area contributed by atoms with E-state index >= 15 is 0 Å². The number of hydrogen-bond acceptors (Lipinski definition) is 5. The van der Waals surface area contributed by atoms with Crippen molar-refractivity contribution in [2.45, 2.75) is 0 Å². The van der Waals surface area contributed by atoms with Crippen LogP contribution in [-0.2, 0) is 0 Å². The predicted molar refractivity (Wildman–Crippen MR) is 203 cm³/mol. The summed E-state index contributed by atoms with van der Waals surface area (Å²) < 4.78 is 0. The molecule has 7 aromatic carbocycles. The van der Waals surface area contributed by atoms with Crippen LogP contribution in [0.4, 0.5) is 0 Å². The predicted octanol–water partition coefficient (Wildman–Crippen LogP) is 11.0. The van der Waals surface area contributed by atoms with Crippen LogP contribution in [0, 0.1) is 0 Å². The van der Waals surface area contributed by atoms with Crippen LogP contribution in [0.3, 0.4) is 0 Å².